The number of rotatable bonds is 0. The number of hydrogen-bond donors (Lipinski definition) is 2. The highest BCUT2D eigenvalue weighted by molar-refractivity contribution is 6.50. The number of carbonyl (C=O) groups excluding carboxylic acids is 2. The lowest BCUT2D eigenvalue weighted by atomic mass is 9.91. The normalized spacial score (nSPS) is 14.9. The summed E-state index contributed by atoms with van der Waals surface area (Å²) in [7, 11) is 0. The first-order valence-electron chi connectivity index (χ1n) is 4.34. The quantitative estimate of drug-likeness (QED) is 0.626. The average Bonchev–Trinajstić information content (AvgIpc) is 2.13. The lowest BCUT2D eigenvalue weighted by molar-refractivity contribution is -0.111. The van der Waals surface area contributed by atoms with Gasteiger partial charge in [0, 0.05) is 11.6 Å². The third kappa shape index (κ3) is 1.30. The van der Waals surface area contributed by atoms with Gasteiger partial charge in [-0.15, -0.1) is 0 Å². The number of ketones is 2. The number of phenolic OH excluding ortho intramolecular Hbond substituents is 1. The standard InChI is InChI=1S/C11H8O4/c1-5-2-6-7(12)4-9(14)11(15)10(6)8(13)3-5/h2-4,12-13H,1H3. The topological polar surface area (TPSA) is 74.6 Å². The Balaban J connectivity index is 2.80. The summed E-state index contributed by atoms with van der Waals surface area (Å²) in [6.45, 7) is 1.72. The molecule has 0 fully saturated rings. The lowest BCUT2D eigenvalue weighted by Gasteiger charge is -2.13. The summed E-state index contributed by atoms with van der Waals surface area (Å²) in [5.41, 5.74) is 0.788. The fourth-order valence-corrected chi connectivity index (χ4v) is 1.60. The van der Waals surface area contributed by atoms with Crippen LogP contribution in [0.2, 0.25) is 0 Å². The van der Waals surface area contributed by atoms with Crippen molar-refractivity contribution < 1.29 is 19.8 Å². The molecule has 0 bridgehead atoms. The molecular weight excluding hydrogens is 196 g/mol. The van der Waals surface area contributed by atoms with Gasteiger partial charge in [-0.05, 0) is 24.6 Å². The molecule has 2 rings (SSSR count). The average molecular weight is 204 g/mol. The van der Waals surface area contributed by atoms with E-state index in [1.165, 1.54) is 6.07 Å². The molecule has 0 aromatic heterocycles. The number of aromatic hydroxyl groups is 1. The van der Waals surface area contributed by atoms with Crippen LogP contribution in [0.15, 0.2) is 18.2 Å². The van der Waals surface area contributed by atoms with Crippen LogP contribution in [0.4, 0.5) is 0 Å². The van der Waals surface area contributed by atoms with E-state index in [2.05, 4.69) is 0 Å². The molecule has 0 spiro atoms. The lowest BCUT2D eigenvalue weighted by Crippen LogP contribution is -2.19. The number of Topliss-reactive ketones (excluding diaryl/α,β-unsaturated/α-hetero) is 1. The Morgan fingerprint density at radius 2 is 1.80 bits per heavy atom. The van der Waals surface area contributed by atoms with Gasteiger partial charge in [-0.3, -0.25) is 9.59 Å². The van der Waals surface area contributed by atoms with E-state index in [-0.39, 0.29) is 22.6 Å². The van der Waals surface area contributed by atoms with Crippen molar-refractivity contribution in [3.63, 3.8) is 0 Å². The van der Waals surface area contributed by atoms with Crippen molar-refractivity contribution in [3.8, 4) is 5.75 Å². The van der Waals surface area contributed by atoms with Crippen LogP contribution in [-0.4, -0.2) is 21.8 Å². The van der Waals surface area contributed by atoms with E-state index >= 15 is 0 Å². The molecule has 1 aliphatic rings. The number of carbonyl (C=O) groups is 2. The number of aryl methyl sites for hydroxylation is 1. The molecule has 1 aliphatic carbocycles. The number of benzene rings is 1. The minimum Gasteiger partial charge on any atom is -0.507 e. The third-order valence-corrected chi connectivity index (χ3v) is 2.26. The molecule has 1 aromatic rings. The highest BCUT2D eigenvalue weighted by Crippen LogP contribution is 2.31. The largest absolute Gasteiger partial charge is 0.507 e. The second-order valence-corrected chi connectivity index (χ2v) is 3.43. The summed E-state index contributed by atoms with van der Waals surface area (Å²) in [6, 6.07) is 2.92. The zero-order chi connectivity index (χ0) is 11.2. The minimum absolute atomic E-state index is 0.120. The van der Waals surface area contributed by atoms with Gasteiger partial charge in [0.05, 0.1) is 5.56 Å². The molecule has 76 valence electrons. The highest BCUT2D eigenvalue weighted by Gasteiger charge is 2.28. The van der Waals surface area contributed by atoms with Crippen molar-refractivity contribution >= 4 is 17.3 Å². The maximum Gasteiger partial charge on any atom is 0.237 e. The molecule has 2 N–H and O–H groups in total. The van der Waals surface area contributed by atoms with E-state index in [1.807, 2.05) is 0 Å². The molecule has 4 nitrogen and oxygen atoms in total. The summed E-state index contributed by atoms with van der Waals surface area (Å²) >= 11 is 0. The Morgan fingerprint density at radius 3 is 2.47 bits per heavy atom. The van der Waals surface area contributed by atoms with Crippen LogP contribution in [0, 0.1) is 6.92 Å². The first-order valence-corrected chi connectivity index (χ1v) is 4.34. The third-order valence-electron chi connectivity index (χ3n) is 2.26. The maximum absolute atomic E-state index is 11.4. The molecule has 0 atom stereocenters. The molecule has 15 heavy (non-hydrogen) atoms. The van der Waals surface area contributed by atoms with Crippen molar-refractivity contribution in [2.24, 2.45) is 0 Å². The van der Waals surface area contributed by atoms with Crippen LogP contribution >= 0.6 is 0 Å². The molecule has 0 saturated carbocycles. The van der Waals surface area contributed by atoms with Crippen LogP contribution < -0.4 is 0 Å². The maximum atomic E-state index is 11.4. The van der Waals surface area contributed by atoms with Crippen molar-refractivity contribution in [2.75, 3.05) is 0 Å². The van der Waals surface area contributed by atoms with Gasteiger partial charge in [0.2, 0.25) is 11.6 Å². The molecule has 0 unspecified atom stereocenters. The van der Waals surface area contributed by atoms with Gasteiger partial charge < -0.3 is 10.2 Å². The Morgan fingerprint density at radius 1 is 1.13 bits per heavy atom. The molecule has 0 saturated heterocycles. The summed E-state index contributed by atoms with van der Waals surface area (Å²) < 4.78 is 0. The Hall–Kier alpha value is -2.10. The number of aliphatic hydroxyl groups excluding tert-OH is 1. The minimum atomic E-state index is -0.820. The van der Waals surface area contributed by atoms with Gasteiger partial charge in [0.25, 0.3) is 0 Å². The Kier molecular flexibility index (Phi) is 1.86. The number of aliphatic hydroxyl groups is 1. The van der Waals surface area contributed by atoms with Crippen LogP contribution in [0.25, 0.3) is 5.76 Å². The number of fused-ring (bicyclic) bond motifs is 1. The number of hydrogen-bond acceptors (Lipinski definition) is 4. The molecule has 0 heterocycles. The fraction of sp³-hybridized carbons (Fsp3) is 0.0909. The first-order chi connectivity index (χ1) is 7.00. The van der Waals surface area contributed by atoms with Gasteiger partial charge >= 0.3 is 0 Å². The highest BCUT2D eigenvalue weighted by atomic mass is 16.3. The fourth-order valence-electron chi connectivity index (χ4n) is 1.60. The van der Waals surface area contributed by atoms with E-state index in [0.29, 0.717) is 5.56 Å². The zero-order valence-electron chi connectivity index (χ0n) is 7.94. The van der Waals surface area contributed by atoms with E-state index in [4.69, 9.17) is 0 Å². The smallest absolute Gasteiger partial charge is 0.237 e. The van der Waals surface area contributed by atoms with Gasteiger partial charge in [-0.2, -0.15) is 0 Å². The SMILES string of the molecule is Cc1cc(O)c2c(c1)C(O)=CC(=O)C2=O. The number of phenols is 1. The van der Waals surface area contributed by atoms with Crippen molar-refractivity contribution in [3.05, 3.63) is 34.9 Å². The summed E-state index contributed by atoms with van der Waals surface area (Å²) in [4.78, 5) is 22.5. The van der Waals surface area contributed by atoms with Gasteiger partial charge in [-0.25, -0.2) is 0 Å². The van der Waals surface area contributed by atoms with Crippen LogP contribution in [-0.2, 0) is 4.79 Å². The second kappa shape index (κ2) is 2.95. The van der Waals surface area contributed by atoms with Crippen LogP contribution in [0.1, 0.15) is 21.5 Å². The van der Waals surface area contributed by atoms with Crippen molar-refractivity contribution in [2.45, 2.75) is 6.92 Å². The van der Waals surface area contributed by atoms with Gasteiger partial charge in [0.1, 0.15) is 11.5 Å². The van der Waals surface area contributed by atoms with Gasteiger partial charge in [-0.1, -0.05) is 0 Å². The molecule has 1 aromatic carbocycles. The summed E-state index contributed by atoms with van der Waals surface area (Å²) in [5.74, 6) is -2.17. The van der Waals surface area contributed by atoms with E-state index in [9.17, 15) is 19.8 Å². The summed E-state index contributed by atoms with van der Waals surface area (Å²) in [5, 5.41) is 19.0. The Bertz CT molecular complexity index is 512. The second-order valence-electron chi connectivity index (χ2n) is 3.43. The molecule has 0 aliphatic heterocycles. The molecule has 0 amide bonds. The van der Waals surface area contributed by atoms with E-state index < -0.39 is 11.6 Å². The van der Waals surface area contributed by atoms with E-state index in [1.54, 1.807) is 13.0 Å². The van der Waals surface area contributed by atoms with Crippen LogP contribution in [0.5, 0.6) is 5.75 Å². The van der Waals surface area contributed by atoms with E-state index in [0.717, 1.165) is 6.08 Å². The molecule has 4 heteroatoms. The van der Waals surface area contributed by atoms with Crippen molar-refractivity contribution in [1.82, 2.24) is 0 Å². The van der Waals surface area contributed by atoms with Crippen molar-refractivity contribution in [1.29, 1.82) is 0 Å². The van der Waals surface area contributed by atoms with Gasteiger partial charge in [0.15, 0.2) is 0 Å². The first kappa shape index (κ1) is 9.45. The molecular formula is C11H8O4. The predicted molar refractivity (Wildman–Crippen MR) is 52.8 cm³/mol. The number of allylic oxidation sites excluding steroid dienone is 1. The summed E-state index contributed by atoms with van der Waals surface area (Å²) in [6.07, 6.45) is 0.865. The zero-order valence-corrected chi connectivity index (χ0v) is 7.94. The predicted octanol–water partition coefficient (Wildman–Crippen LogP) is 1.36. The van der Waals surface area contributed by atoms with Crippen LogP contribution in [0.3, 0.4) is 0 Å². The monoisotopic (exact) mass is 204 g/mol. The Labute approximate surface area is 85.5 Å². The molecule has 0 radical (unpaired) electrons.